The molecule has 1 aromatic rings. The molecule has 2 rings (SSSR count). The fourth-order valence-electron chi connectivity index (χ4n) is 2.04. The molecule has 1 fully saturated rings. The van der Waals surface area contributed by atoms with E-state index in [9.17, 15) is 19.1 Å². The number of nitrogens with one attached hydrogen (secondary N) is 1. The van der Waals surface area contributed by atoms with Crippen LogP contribution in [0.25, 0.3) is 0 Å². The molecule has 1 amide bonds. The van der Waals surface area contributed by atoms with Crippen LogP contribution in [0.3, 0.4) is 0 Å². The molecule has 3 N–H and O–H groups in total. The third-order valence-corrected chi connectivity index (χ3v) is 4.35. The molecule has 108 valence electrons. The van der Waals surface area contributed by atoms with Crippen LogP contribution in [0.4, 0.5) is 11.4 Å². The number of nitro groups is 1. The van der Waals surface area contributed by atoms with Crippen molar-refractivity contribution in [2.24, 2.45) is 5.84 Å². The second-order valence-electron chi connectivity index (χ2n) is 4.24. The second kappa shape index (κ2) is 5.97. The van der Waals surface area contributed by atoms with Crippen molar-refractivity contribution in [1.29, 1.82) is 0 Å². The molecule has 0 radical (unpaired) electrons. The van der Waals surface area contributed by atoms with Gasteiger partial charge in [-0.2, -0.15) is 0 Å². The van der Waals surface area contributed by atoms with E-state index >= 15 is 0 Å². The largest absolute Gasteiger partial charge is 0.337 e. The van der Waals surface area contributed by atoms with Crippen LogP contribution in [0.15, 0.2) is 18.2 Å². The minimum Gasteiger partial charge on any atom is -0.337 e. The Hall–Kier alpha value is -2.00. The van der Waals surface area contributed by atoms with Gasteiger partial charge in [-0.25, -0.2) is 0 Å². The van der Waals surface area contributed by atoms with Gasteiger partial charge in [-0.3, -0.25) is 25.0 Å². The summed E-state index contributed by atoms with van der Waals surface area (Å²) in [5, 5.41) is 11.1. The molecule has 0 atom stereocenters. The van der Waals surface area contributed by atoms with Crippen LogP contribution in [-0.2, 0) is 10.8 Å². The molecule has 0 aromatic heterocycles. The monoisotopic (exact) mass is 298 g/mol. The summed E-state index contributed by atoms with van der Waals surface area (Å²) >= 11 is 0. The first kappa shape index (κ1) is 14.4. The highest BCUT2D eigenvalue weighted by molar-refractivity contribution is 7.85. The lowest BCUT2D eigenvalue weighted by atomic mass is 10.1. The fourth-order valence-corrected chi connectivity index (χ4v) is 3.09. The highest BCUT2D eigenvalue weighted by Crippen LogP contribution is 2.29. The van der Waals surface area contributed by atoms with Crippen molar-refractivity contribution in [1.82, 2.24) is 4.90 Å². The predicted molar refractivity (Wildman–Crippen MR) is 74.7 cm³/mol. The van der Waals surface area contributed by atoms with Gasteiger partial charge in [-0.1, -0.05) is 6.07 Å². The minimum atomic E-state index is -0.914. The summed E-state index contributed by atoms with van der Waals surface area (Å²) in [5.41, 5.74) is 1.95. The van der Waals surface area contributed by atoms with E-state index < -0.39 is 21.6 Å². The molecule has 1 aromatic carbocycles. The van der Waals surface area contributed by atoms with Crippen LogP contribution < -0.4 is 11.3 Å². The second-order valence-corrected chi connectivity index (χ2v) is 5.94. The Morgan fingerprint density at radius 2 is 2.05 bits per heavy atom. The molecule has 9 heteroatoms. The van der Waals surface area contributed by atoms with Crippen molar-refractivity contribution in [2.75, 3.05) is 30.0 Å². The number of anilines is 1. The van der Waals surface area contributed by atoms with Crippen LogP contribution >= 0.6 is 0 Å². The van der Waals surface area contributed by atoms with Crippen LogP contribution in [0.5, 0.6) is 0 Å². The Labute approximate surface area is 117 Å². The minimum absolute atomic E-state index is 0.0156. The summed E-state index contributed by atoms with van der Waals surface area (Å²) in [6.45, 7) is 0.672. The first-order chi connectivity index (χ1) is 9.54. The topological polar surface area (TPSA) is 119 Å². The van der Waals surface area contributed by atoms with Crippen molar-refractivity contribution in [3.63, 3.8) is 0 Å². The average Bonchev–Trinajstić information content (AvgIpc) is 2.46. The molecule has 1 heterocycles. The maximum atomic E-state index is 12.4. The number of nitrogens with zero attached hydrogens (tertiary/aromatic N) is 2. The van der Waals surface area contributed by atoms with E-state index in [1.807, 2.05) is 0 Å². The SMILES string of the molecule is NNc1cccc(C(=O)N2CCS(=O)CC2)c1[N+](=O)[O-]. The number of nitrogens with two attached hydrogens (primary N) is 1. The van der Waals surface area contributed by atoms with Crippen LogP contribution in [0.1, 0.15) is 10.4 Å². The van der Waals surface area contributed by atoms with E-state index in [0.29, 0.717) is 24.6 Å². The van der Waals surface area contributed by atoms with Crippen molar-refractivity contribution in [2.45, 2.75) is 0 Å². The molecule has 8 nitrogen and oxygen atoms in total. The Bertz CT molecular complexity index is 568. The number of carbonyl (C=O) groups is 1. The van der Waals surface area contributed by atoms with Gasteiger partial charge in [0, 0.05) is 35.4 Å². The standard InChI is InChI=1S/C11H14N4O4S/c12-13-9-3-1-2-8(10(9)15(17)18)11(16)14-4-6-20(19)7-5-14/h1-3,13H,4-7,12H2. The third kappa shape index (κ3) is 2.78. The van der Waals surface area contributed by atoms with Gasteiger partial charge in [0.2, 0.25) is 0 Å². The number of carbonyl (C=O) groups excluding carboxylic acids is 1. The molecule has 1 aliphatic heterocycles. The van der Waals surface area contributed by atoms with E-state index in [1.165, 1.54) is 23.1 Å². The zero-order valence-electron chi connectivity index (χ0n) is 10.6. The maximum absolute atomic E-state index is 12.4. The number of rotatable bonds is 3. The normalized spacial score (nSPS) is 15.9. The van der Waals surface area contributed by atoms with E-state index in [4.69, 9.17) is 5.84 Å². The zero-order chi connectivity index (χ0) is 14.7. The van der Waals surface area contributed by atoms with Gasteiger partial charge in [-0.15, -0.1) is 0 Å². The smallest absolute Gasteiger partial charge is 0.306 e. The zero-order valence-corrected chi connectivity index (χ0v) is 11.4. The van der Waals surface area contributed by atoms with E-state index in [-0.39, 0.29) is 16.9 Å². The molecule has 0 aliphatic carbocycles. The summed E-state index contributed by atoms with van der Waals surface area (Å²) < 4.78 is 11.3. The van der Waals surface area contributed by atoms with E-state index in [2.05, 4.69) is 5.43 Å². The highest BCUT2D eigenvalue weighted by atomic mass is 32.2. The van der Waals surface area contributed by atoms with Gasteiger partial charge >= 0.3 is 5.69 Å². The number of nitrogen functional groups attached to an aromatic ring is 1. The number of hydrogen-bond donors (Lipinski definition) is 2. The quantitative estimate of drug-likeness (QED) is 0.463. The molecule has 0 unspecified atom stereocenters. The summed E-state index contributed by atoms with van der Waals surface area (Å²) in [6.07, 6.45) is 0. The van der Waals surface area contributed by atoms with Gasteiger partial charge in [0.15, 0.2) is 0 Å². The Morgan fingerprint density at radius 3 is 2.60 bits per heavy atom. The summed E-state index contributed by atoms with van der Waals surface area (Å²) in [6, 6.07) is 4.35. The van der Waals surface area contributed by atoms with Crippen molar-refractivity contribution >= 4 is 28.1 Å². The maximum Gasteiger partial charge on any atom is 0.306 e. The Morgan fingerprint density at radius 1 is 1.40 bits per heavy atom. The summed E-state index contributed by atoms with van der Waals surface area (Å²) in [7, 11) is -0.914. The van der Waals surface area contributed by atoms with Gasteiger partial charge in [0.05, 0.1) is 4.92 Å². The fraction of sp³-hybridized carbons (Fsp3) is 0.364. The predicted octanol–water partition coefficient (Wildman–Crippen LogP) is 0.0849. The number of benzene rings is 1. The van der Waals surface area contributed by atoms with Crippen LogP contribution in [0.2, 0.25) is 0 Å². The number of hydrazine groups is 1. The van der Waals surface area contributed by atoms with Gasteiger partial charge in [0.25, 0.3) is 5.91 Å². The lowest BCUT2D eigenvalue weighted by molar-refractivity contribution is -0.384. The summed E-state index contributed by atoms with van der Waals surface area (Å²) in [5.74, 6) is 5.59. The van der Waals surface area contributed by atoms with Crippen LogP contribution in [-0.4, -0.2) is 44.5 Å². The number of hydrogen-bond acceptors (Lipinski definition) is 6. The molecule has 0 bridgehead atoms. The Balaban J connectivity index is 2.34. The Kier molecular flexibility index (Phi) is 4.30. The van der Waals surface area contributed by atoms with Gasteiger partial charge in [0.1, 0.15) is 11.3 Å². The summed E-state index contributed by atoms with van der Waals surface area (Å²) in [4.78, 5) is 24.3. The molecule has 1 aliphatic rings. The lowest BCUT2D eigenvalue weighted by Gasteiger charge is -2.26. The number of para-hydroxylation sites is 1. The molecular formula is C11H14N4O4S. The van der Waals surface area contributed by atoms with Crippen LogP contribution in [0, 0.1) is 10.1 Å². The van der Waals surface area contributed by atoms with E-state index in [1.54, 1.807) is 0 Å². The lowest BCUT2D eigenvalue weighted by Crippen LogP contribution is -2.42. The third-order valence-electron chi connectivity index (χ3n) is 3.07. The van der Waals surface area contributed by atoms with Crippen molar-refractivity contribution in [3.8, 4) is 0 Å². The molecule has 1 saturated heterocycles. The molecular weight excluding hydrogens is 284 g/mol. The van der Waals surface area contributed by atoms with E-state index in [0.717, 1.165) is 0 Å². The van der Waals surface area contributed by atoms with Crippen molar-refractivity contribution in [3.05, 3.63) is 33.9 Å². The molecule has 0 saturated carbocycles. The number of amides is 1. The van der Waals surface area contributed by atoms with Gasteiger partial charge in [-0.05, 0) is 12.1 Å². The first-order valence-corrected chi connectivity index (χ1v) is 7.41. The number of nitro benzene ring substituents is 1. The van der Waals surface area contributed by atoms with Gasteiger partial charge < -0.3 is 10.3 Å². The first-order valence-electron chi connectivity index (χ1n) is 5.93. The molecule has 0 spiro atoms. The van der Waals surface area contributed by atoms with Crippen molar-refractivity contribution < 1.29 is 13.9 Å². The highest BCUT2D eigenvalue weighted by Gasteiger charge is 2.29. The average molecular weight is 298 g/mol. The molecule has 20 heavy (non-hydrogen) atoms.